The van der Waals surface area contributed by atoms with E-state index in [0.29, 0.717) is 0 Å². The van der Waals surface area contributed by atoms with Gasteiger partial charge in [-0.15, -0.1) is 0 Å². The normalized spacial score (nSPS) is 23.1. The van der Waals surface area contributed by atoms with Crippen LogP contribution in [0.15, 0.2) is 0 Å². The van der Waals surface area contributed by atoms with Crippen molar-refractivity contribution in [3.8, 4) is 0 Å². The number of rotatable bonds is 2. The van der Waals surface area contributed by atoms with Crippen LogP contribution in [-0.2, 0) is 4.79 Å². The van der Waals surface area contributed by atoms with Gasteiger partial charge < -0.3 is 15.9 Å². The second-order valence-corrected chi connectivity index (χ2v) is 1.46. The molecule has 0 unspecified atom stereocenters. The van der Waals surface area contributed by atoms with Crippen molar-refractivity contribution in [2.75, 3.05) is 0 Å². The molecule has 0 radical (unpaired) electrons. The minimum Gasteiger partial charge on any atom is -0.480 e. The van der Waals surface area contributed by atoms with Crippen LogP contribution in [0, 0.1) is 0 Å². The molecule has 0 aromatic heterocycles. The summed E-state index contributed by atoms with van der Waals surface area (Å²) in [7, 11) is 0. The van der Waals surface area contributed by atoms with Crippen molar-refractivity contribution in [3.63, 3.8) is 0 Å². The van der Waals surface area contributed by atoms with E-state index in [-0.39, 0.29) is 0 Å². The quantitative estimate of drug-likeness (QED) is 0.427. The van der Waals surface area contributed by atoms with E-state index in [1.54, 1.807) is 0 Å². The van der Waals surface area contributed by atoms with Crippen LogP contribution >= 0.6 is 0 Å². The summed E-state index contributed by atoms with van der Waals surface area (Å²) in [6, 6.07) is -1.54. The molecule has 48 valence electrons. The molecule has 0 amide bonds. The Labute approximate surface area is 48.3 Å². The fourth-order valence-electron chi connectivity index (χ4n) is 0.179. The highest BCUT2D eigenvalue weighted by atomic mass is 16.4. The molecule has 0 aliphatic heterocycles. The van der Waals surface area contributed by atoms with Gasteiger partial charge in [0, 0.05) is 0 Å². The Bertz CT molecular complexity index is 119. The lowest BCUT2D eigenvalue weighted by molar-refractivity contribution is -0.140. The van der Waals surface area contributed by atoms with Crippen LogP contribution in [0.2, 0.25) is 0 Å². The molecule has 0 aromatic carbocycles. The molecule has 4 nitrogen and oxygen atoms in total. The largest absolute Gasteiger partial charge is 0.480 e. The van der Waals surface area contributed by atoms with E-state index in [2.05, 4.69) is 0 Å². The molecule has 0 saturated heterocycles. The number of aliphatic carboxylic acids is 1. The van der Waals surface area contributed by atoms with E-state index in [0.717, 1.165) is 6.92 Å². The number of aliphatic hydroxyl groups is 1. The fourth-order valence-corrected chi connectivity index (χ4v) is 0.179. The number of hydrogen-bond acceptors (Lipinski definition) is 3. The minimum atomic E-state index is -2.09. The third-order valence-electron chi connectivity index (χ3n) is 0.716. The number of carboxylic acids is 1. The first-order valence-corrected chi connectivity index (χ1v) is 2.06. The van der Waals surface area contributed by atoms with Gasteiger partial charge in [-0.05, 0) is 6.92 Å². The lowest BCUT2D eigenvalue weighted by Crippen LogP contribution is -2.39. The number of nitrogens with two attached hydrogens (primary N) is 1. The zero-order chi connectivity index (χ0) is 7.65. The van der Waals surface area contributed by atoms with E-state index in [1.807, 2.05) is 0 Å². The van der Waals surface area contributed by atoms with Crippen LogP contribution in [0.5, 0.6) is 0 Å². The van der Waals surface area contributed by atoms with Crippen LogP contribution in [0.25, 0.3) is 0 Å². The fraction of sp³-hybridized carbons (Fsp3) is 0.750. The highest BCUT2D eigenvalue weighted by Gasteiger charge is 2.16. The first kappa shape index (κ1) is 5.53. The van der Waals surface area contributed by atoms with E-state index >= 15 is 0 Å². The van der Waals surface area contributed by atoms with Crippen molar-refractivity contribution in [2.24, 2.45) is 5.73 Å². The van der Waals surface area contributed by atoms with Gasteiger partial charge in [-0.2, -0.15) is 0 Å². The number of carboxylic acid groups (broad SMARTS) is 1. The maximum absolute atomic E-state index is 9.94. The van der Waals surface area contributed by atoms with Crippen molar-refractivity contribution >= 4 is 5.97 Å². The highest BCUT2D eigenvalue weighted by Crippen LogP contribution is 1.85. The topological polar surface area (TPSA) is 83.5 Å². The van der Waals surface area contributed by atoms with Gasteiger partial charge in [0.15, 0.2) is 0 Å². The van der Waals surface area contributed by atoms with Gasteiger partial charge in [-0.3, -0.25) is 4.79 Å². The molecule has 4 heteroatoms. The van der Waals surface area contributed by atoms with Crippen molar-refractivity contribution in [1.29, 1.82) is 0 Å². The van der Waals surface area contributed by atoms with Gasteiger partial charge in [0.2, 0.25) is 0 Å². The molecule has 0 bridgehead atoms. The van der Waals surface area contributed by atoms with Crippen molar-refractivity contribution in [3.05, 3.63) is 0 Å². The maximum Gasteiger partial charge on any atom is 0.323 e. The maximum atomic E-state index is 9.94. The molecule has 0 aromatic rings. The van der Waals surface area contributed by atoms with Gasteiger partial charge in [-0.1, -0.05) is 0 Å². The van der Waals surface area contributed by atoms with Crippen LogP contribution in [0.4, 0.5) is 0 Å². The summed E-state index contributed by atoms with van der Waals surface area (Å²) in [4.78, 5) is 9.94. The zero-order valence-electron chi connectivity index (χ0n) is 5.46. The van der Waals surface area contributed by atoms with Gasteiger partial charge >= 0.3 is 5.97 Å². The lowest BCUT2D eigenvalue weighted by Gasteiger charge is -2.06. The van der Waals surface area contributed by atoms with Gasteiger partial charge in [0.1, 0.15) is 6.04 Å². The molecule has 2 atom stereocenters. The lowest BCUT2D eigenvalue weighted by atomic mass is 10.2. The Kier molecular flexibility index (Phi) is 1.82. The molecule has 0 fully saturated rings. The average molecular weight is 121 g/mol. The predicted molar refractivity (Wildman–Crippen MR) is 27.3 cm³/mol. The Balaban J connectivity index is 4.04. The van der Waals surface area contributed by atoms with Crippen molar-refractivity contribution in [2.45, 2.75) is 19.0 Å². The molecular formula is C4H9NO3. The minimum absolute atomic E-state index is 1.02. The van der Waals surface area contributed by atoms with Crippen molar-refractivity contribution < 1.29 is 16.4 Å². The van der Waals surface area contributed by atoms with Crippen molar-refractivity contribution in [1.82, 2.24) is 0 Å². The molecule has 0 aliphatic carbocycles. The summed E-state index contributed by atoms with van der Waals surface area (Å²) in [5, 5.41) is 16.7. The Morgan fingerprint density at radius 2 is 2.38 bits per heavy atom. The van der Waals surface area contributed by atoms with Gasteiger partial charge in [0.05, 0.1) is 7.45 Å². The Morgan fingerprint density at radius 1 is 2.00 bits per heavy atom. The predicted octanol–water partition coefficient (Wildman–Crippen LogP) is -1.22. The molecule has 0 heterocycles. The molecule has 0 aliphatic rings. The molecule has 8 heavy (non-hydrogen) atoms. The SMILES string of the molecule is [3H][C@](C)(O)[C@H](N)C(=O)O. The molecule has 0 saturated carbocycles. The van der Waals surface area contributed by atoms with Gasteiger partial charge in [-0.25, -0.2) is 0 Å². The summed E-state index contributed by atoms with van der Waals surface area (Å²) < 4.78 is 6.72. The van der Waals surface area contributed by atoms with Crippen LogP contribution < -0.4 is 5.73 Å². The van der Waals surface area contributed by atoms with Crippen LogP contribution in [-0.4, -0.2) is 28.3 Å². The molecular weight excluding hydrogens is 110 g/mol. The third kappa shape index (κ3) is 1.90. The number of hydrogen-bond donors (Lipinski definition) is 3. The first-order chi connectivity index (χ1) is 3.85. The van der Waals surface area contributed by atoms with E-state index < -0.39 is 18.1 Å². The summed E-state index contributed by atoms with van der Waals surface area (Å²) in [6.45, 7) is 1.02. The smallest absolute Gasteiger partial charge is 0.323 e. The van der Waals surface area contributed by atoms with Crippen LogP contribution in [0.3, 0.4) is 0 Å². The summed E-state index contributed by atoms with van der Waals surface area (Å²) in [6.07, 6.45) is -2.09. The summed E-state index contributed by atoms with van der Waals surface area (Å²) >= 11 is 0. The second-order valence-electron chi connectivity index (χ2n) is 1.46. The van der Waals surface area contributed by atoms with Gasteiger partial charge in [0.25, 0.3) is 0 Å². The third-order valence-corrected chi connectivity index (χ3v) is 0.716. The molecule has 0 rings (SSSR count). The molecule has 0 spiro atoms. The van der Waals surface area contributed by atoms with Crippen LogP contribution in [0.1, 0.15) is 8.29 Å². The molecule has 4 N–H and O–H groups in total. The number of carbonyl (C=O) groups is 1. The Hall–Kier alpha value is -0.610. The highest BCUT2D eigenvalue weighted by molar-refractivity contribution is 5.73. The van der Waals surface area contributed by atoms with E-state index in [9.17, 15) is 4.79 Å². The van der Waals surface area contributed by atoms with E-state index in [1.165, 1.54) is 0 Å². The zero-order valence-corrected chi connectivity index (χ0v) is 4.46. The Morgan fingerprint density at radius 3 is 2.38 bits per heavy atom. The summed E-state index contributed by atoms with van der Waals surface area (Å²) in [5.74, 6) is -1.38. The summed E-state index contributed by atoms with van der Waals surface area (Å²) in [5.41, 5.74) is 4.86. The van der Waals surface area contributed by atoms with E-state index in [4.69, 9.17) is 17.3 Å². The monoisotopic (exact) mass is 121 g/mol. The second kappa shape index (κ2) is 2.64. The first-order valence-electron chi connectivity index (χ1n) is 2.56. The standard InChI is InChI=1S/C4H9NO3/c1-2(6)3(5)4(7)8/h2-3,6H,5H2,1H3,(H,7,8)/t2-,3+/m1/s1/i2T. The average Bonchev–Trinajstić information content (AvgIpc) is 1.62.